The monoisotopic (exact) mass is 341 g/mol. The van der Waals surface area contributed by atoms with Crippen molar-refractivity contribution < 1.29 is 14.4 Å². The number of benzene rings is 1. The highest BCUT2D eigenvalue weighted by Crippen LogP contribution is 2.31. The van der Waals surface area contributed by atoms with Gasteiger partial charge in [-0.3, -0.25) is 14.4 Å². The zero-order valence-corrected chi connectivity index (χ0v) is 14.2. The second-order valence-electron chi connectivity index (χ2n) is 7.38. The molecule has 2 fully saturated rings. The highest BCUT2D eigenvalue weighted by molar-refractivity contribution is 6.00. The second-order valence-corrected chi connectivity index (χ2v) is 7.38. The first-order valence-electron chi connectivity index (χ1n) is 9.03. The van der Waals surface area contributed by atoms with Crippen LogP contribution in [0.15, 0.2) is 18.2 Å². The maximum absolute atomic E-state index is 12.7. The van der Waals surface area contributed by atoms with Gasteiger partial charge in [-0.15, -0.1) is 0 Å². The van der Waals surface area contributed by atoms with Crippen molar-refractivity contribution in [1.82, 2.24) is 4.90 Å². The van der Waals surface area contributed by atoms with Gasteiger partial charge in [-0.25, -0.2) is 0 Å². The molecule has 6 nitrogen and oxygen atoms in total. The van der Waals surface area contributed by atoms with Crippen molar-refractivity contribution in [2.45, 2.75) is 32.1 Å². The summed E-state index contributed by atoms with van der Waals surface area (Å²) in [6, 6.07) is 6.21. The van der Waals surface area contributed by atoms with Crippen LogP contribution in [0.4, 0.5) is 5.69 Å². The van der Waals surface area contributed by atoms with Gasteiger partial charge in [0, 0.05) is 31.7 Å². The zero-order chi connectivity index (χ0) is 17.6. The minimum Gasteiger partial charge on any atom is -0.369 e. The van der Waals surface area contributed by atoms with E-state index in [1.54, 1.807) is 9.80 Å². The average Bonchev–Trinajstić information content (AvgIpc) is 3.32. The molecule has 1 aromatic carbocycles. The lowest BCUT2D eigenvalue weighted by molar-refractivity contribution is -0.135. The second kappa shape index (κ2) is 6.17. The predicted molar refractivity (Wildman–Crippen MR) is 92.8 cm³/mol. The first-order chi connectivity index (χ1) is 12.0. The molecule has 0 saturated carbocycles. The Morgan fingerprint density at radius 2 is 1.88 bits per heavy atom. The summed E-state index contributed by atoms with van der Waals surface area (Å²) >= 11 is 0. The third-order valence-electron chi connectivity index (χ3n) is 5.77. The van der Waals surface area contributed by atoms with E-state index in [0.29, 0.717) is 26.1 Å². The summed E-state index contributed by atoms with van der Waals surface area (Å²) in [5.41, 5.74) is 8.94. The quantitative estimate of drug-likeness (QED) is 0.885. The topological polar surface area (TPSA) is 83.7 Å². The Bertz CT molecular complexity index is 745. The van der Waals surface area contributed by atoms with Crippen LogP contribution in [-0.2, 0) is 27.2 Å². The molecule has 0 radical (unpaired) electrons. The van der Waals surface area contributed by atoms with Crippen LogP contribution in [0.3, 0.4) is 0 Å². The van der Waals surface area contributed by atoms with E-state index in [9.17, 15) is 14.4 Å². The molecule has 1 aliphatic carbocycles. The number of aryl methyl sites for hydroxylation is 2. The molecule has 0 unspecified atom stereocenters. The lowest BCUT2D eigenvalue weighted by Gasteiger charge is -2.21. The summed E-state index contributed by atoms with van der Waals surface area (Å²) in [6.45, 7) is 1.36. The molecule has 6 heteroatoms. The van der Waals surface area contributed by atoms with E-state index in [4.69, 9.17) is 5.73 Å². The summed E-state index contributed by atoms with van der Waals surface area (Å²) in [7, 11) is 0. The fraction of sp³-hybridized carbons (Fsp3) is 0.526. The molecule has 25 heavy (non-hydrogen) atoms. The van der Waals surface area contributed by atoms with Crippen LogP contribution in [-0.4, -0.2) is 42.3 Å². The summed E-state index contributed by atoms with van der Waals surface area (Å²) in [6.07, 6.45) is 4.21. The molecule has 1 aromatic rings. The number of likely N-dealkylation sites (tertiary alicyclic amines) is 1. The Labute approximate surface area is 147 Å². The minimum atomic E-state index is -0.349. The minimum absolute atomic E-state index is 0.00180. The van der Waals surface area contributed by atoms with Gasteiger partial charge in [0.25, 0.3) is 0 Å². The van der Waals surface area contributed by atoms with Crippen LogP contribution >= 0.6 is 0 Å². The van der Waals surface area contributed by atoms with Crippen molar-refractivity contribution in [3.63, 3.8) is 0 Å². The third-order valence-corrected chi connectivity index (χ3v) is 5.77. The van der Waals surface area contributed by atoms with E-state index in [2.05, 4.69) is 12.1 Å². The number of hydrogen-bond acceptors (Lipinski definition) is 3. The molecule has 0 bridgehead atoms. The Hall–Kier alpha value is -2.37. The van der Waals surface area contributed by atoms with Crippen LogP contribution in [0.2, 0.25) is 0 Å². The van der Waals surface area contributed by atoms with Crippen LogP contribution in [0.25, 0.3) is 0 Å². The largest absolute Gasteiger partial charge is 0.369 e. The van der Waals surface area contributed by atoms with E-state index in [-0.39, 0.29) is 36.0 Å². The molecule has 3 aliphatic rings. The molecular weight excluding hydrogens is 318 g/mol. The molecule has 0 spiro atoms. The van der Waals surface area contributed by atoms with E-state index in [1.807, 2.05) is 6.07 Å². The number of carbonyl (C=O) groups is 3. The van der Waals surface area contributed by atoms with Gasteiger partial charge in [0.15, 0.2) is 0 Å². The van der Waals surface area contributed by atoms with Crippen molar-refractivity contribution in [1.29, 1.82) is 0 Å². The van der Waals surface area contributed by atoms with Gasteiger partial charge in [0.05, 0.1) is 11.8 Å². The Balaban J connectivity index is 1.45. The van der Waals surface area contributed by atoms with E-state index >= 15 is 0 Å². The fourth-order valence-electron chi connectivity index (χ4n) is 4.30. The van der Waals surface area contributed by atoms with Crippen LogP contribution in [0.1, 0.15) is 30.4 Å². The normalized spacial score (nSPS) is 25.5. The number of nitrogens with two attached hydrogens (primary N) is 1. The van der Waals surface area contributed by atoms with Gasteiger partial charge in [0.2, 0.25) is 17.7 Å². The lowest BCUT2D eigenvalue weighted by Crippen LogP contribution is -2.37. The van der Waals surface area contributed by atoms with Gasteiger partial charge in [-0.05, 0) is 48.9 Å². The molecule has 2 aliphatic heterocycles. The number of fused-ring (bicyclic) bond motifs is 1. The standard InChI is InChI=1S/C19H23N3O3/c20-18(24)14-6-7-21(10-14)19(25)15-9-17(23)22(11-15)16-5-4-12-2-1-3-13(12)8-16/h4-5,8,14-15H,1-3,6-7,9-11H2,(H2,20,24)/t14-,15-/m0/s1. The van der Waals surface area contributed by atoms with Crippen LogP contribution in [0, 0.1) is 11.8 Å². The molecule has 2 heterocycles. The maximum Gasteiger partial charge on any atom is 0.228 e. The number of nitrogens with zero attached hydrogens (tertiary/aromatic N) is 2. The SMILES string of the molecule is NC(=O)[C@H]1CCN(C(=O)[C@H]2CC(=O)N(c3ccc4c(c3)CCC4)C2)C1. The van der Waals surface area contributed by atoms with Crippen molar-refractivity contribution in [3.05, 3.63) is 29.3 Å². The van der Waals surface area contributed by atoms with Crippen molar-refractivity contribution in [2.24, 2.45) is 17.6 Å². The van der Waals surface area contributed by atoms with Gasteiger partial charge in [0.1, 0.15) is 0 Å². The van der Waals surface area contributed by atoms with E-state index < -0.39 is 0 Å². The smallest absolute Gasteiger partial charge is 0.228 e. The van der Waals surface area contributed by atoms with Crippen molar-refractivity contribution in [3.8, 4) is 0 Å². The summed E-state index contributed by atoms with van der Waals surface area (Å²) in [4.78, 5) is 39.9. The van der Waals surface area contributed by atoms with E-state index in [0.717, 1.165) is 18.5 Å². The number of anilines is 1. The van der Waals surface area contributed by atoms with Gasteiger partial charge in [-0.1, -0.05) is 6.07 Å². The number of hydrogen-bond donors (Lipinski definition) is 1. The van der Waals surface area contributed by atoms with Gasteiger partial charge in [-0.2, -0.15) is 0 Å². The average molecular weight is 341 g/mol. The van der Waals surface area contributed by atoms with E-state index in [1.165, 1.54) is 17.5 Å². The number of carbonyl (C=O) groups excluding carboxylic acids is 3. The molecule has 0 aromatic heterocycles. The third kappa shape index (κ3) is 2.90. The zero-order valence-electron chi connectivity index (χ0n) is 14.2. The number of primary amides is 1. The van der Waals surface area contributed by atoms with Crippen LogP contribution in [0.5, 0.6) is 0 Å². The lowest BCUT2D eigenvalue weighted by atomic mass is 10.1. The highest BCUT2D eigenvalue weighted by Gasteiger charge is 2.40. The summed E-state index contributed by atoms with van der Waals surface area (Å²) in [5.74, 6) is -0.957. The first kappa shape index (κ1) is 16.1. The molecule has 2 saturated heterocycles. The maximum atomic E-state index is 12.7. The Kier molecular flexibility index (Phi) is 3.98. The molecule has 3 amide bonds. The molecule has 4 rings (SSSR count). The van der Waals surface area contributed by atoms with Crippen molar-refractivity contribution in [2.75, 3.05) is 24.5 Å². The van der Waals surface area contributed by atoms with Gasteiger partial charge < -0.3 is 15.5 Å². The highest BCUT2D eigenvalue weighted by atomic mass is 16.2. The van der Waals surface area contributed by atoms with Crippen LogP contribution < -0.4 is 10.6 Å². The summed E-state index contributed by atoms with van der Waals surface area (Å²) < 4.78 is 0. The summed E-state index contributed by atoms with van der Waals surface area (Å²) in [5, 5.41) is 0. The van der Waals surface area contributed by atoms with Crippen molar-refractivity contribution >= 4 is 23.4 Å². The number of amides is 3. The molecule has 2 atom stereocenters. The molecular formula is C19H23N3O3. The first-order valence-corrected chi connectivity index (χ1v) is 9.03. The molecule has 132 valence electrons. The molecule has 2 N–H and O–H groups in total. The number of rotatable bonds is 3. The fourth-order valence-corrected chi connectivity index (χ4v) is 4.30. The Morgan fingerprint density at radius 3 is 2.64 bits per heavy atom. The van der Waals surface area contributed by atoms with Gasteiger partial charge >= 0.3 is 0 Å². The predicted octanol–water partition coefficient (Wildman–Crippen LogP) is 0.862. The Morgan fingerprint density at radius 1 is 1.08 bits per heavy atom.